The fourth-order valence-corrected chi connectivity index (χ4v) is 1.73. The molecule has 0 fully saturated rings. The quantitative estimate of drug-likeness (QED) is 0.844. The summed E-state index contributed by atoms with van der Waals surface area (Å²) in [4.78, 5) is 0. The number of aromatic nitrogens is 2. The number of hydrogen-bond donors (Lipinski definition) is 1. The standard InChI is InChI=1S/C7H8F5N3S/c8-6(9,7(10,11)12)5-15-14-4(16-5)2-1-3-13/h1-3,13H2. The third kappa shape index (κ3) is 2.64. The van der Waals surface area contributed by atoms with E-state index in [1.165, 1.54) is 0 Å². The number of halogens is 5. The molecule has 1 rings (SSSR count). The van der Waals surface area contributed by atoms with Crippen LogP contribution in [0.25, 0.3) is 0 Å². The first-order valence-corrected chi connectivity index (χ1v) is 5.08. The van der Waals surface area contributed by atoms with E-state index in [1.54, 1.807) is 0 Å². The van der Waals surface area contributed by atoms with Crippen molar-refractivity contribution in [3.05, 3.63) is 10.0 Å². The van der Waals surface area contributed by atoms with E-state index in [4.69, 9.17) is 5.73 Å². The highest BCUT2D eigenvalue weighted by molar-refractivity contribution is 7.11. The fourth-order valence-electron chi connectivity index (χ4n) is 0.856. The summed E-state index contributed by atoms with van der Waals surface area (Å²) in [6.45, 7) is 0.310. The normalized spacial score (nSPS) is 13.1. The second kappa shape index (κ2) is 4.58. The molecule has 0 amide bonds. The maximum Gasteiger partial charge on any atom is 0.460 e. The van der Waals surface area contributed by atoms with Gasteiger partial charge in [-0.25, -0.2) is 0 Å². The average molecular weight is 261 g/mol. The van der Waals surface area contributed by atoms with Crippen molar-refractivity contribution < 1.29 is 22.0 Å². The number of nitrogens with two attached hydrogens (primary N) is 1. The maximum absolute atomic E-state index is 12.8. The Hall–Kier alpha value is -0.830. The van der Waals surface area contributed by atoms with Gasteiger partial charge in [-0.3, -0.25) is 0 Å². The van der Waals surface area contributed by atoms with E-state index in [-0.39, 0.29) is 22.8 Å². The Kier molecular flexibility index (Phi) is 3.79. The van der Waals surface area contributed by atoms with Crippen LogP contribution < -0.4 is 5.73 Å². The van der Waals surface area contributed by atoms with Crippen molar-refractivity contribution in [2.45, 2.75) is 24.9 Å². The Morgan fingerprint density at radius 3 is 2.25 bits per heavy atom. The molecule has 16 heavy (non-hydrogen) atoms. The lowest BCUT2D eigenvalue weighted by atomic mass is 10.3. The molecule has 92 valence electrons. The van der Waals surface area contributed by atoms with Gasteiger partial charge in [0.05, 0.1) is 0 Å². The Morgan fingerprint density at radius 1 is 1.12 bits per heavy atom. The number of rotatable bonds is 4. The largest absolute Gasteiger partial charge is 0.460 e. The second-order valence-electron chi connectivity index (χ2n) is 2.97. The zero-order valence-electron chi connectivity index (χ0n) is 7.89. The number of hydrogen-bond acceptors (Lipinski definition) is 4. The van der Waals surface area contributed by atoms with Gasteiger partial charge in [0.15, 0.2) is 5.01 Å². The molecule has 0 aliphatic heterocycles. The molecule has 1 aromatic rings. The molecule has 0 saturated carbocycles. The predicted octanol–water partition coefficient (Wildman–Crippen LogP) is 2.08. The van der Waals surface area contributed by atoms with Crippen LogP contribution in [0.15, 0.2) is 0 Å². The first kappa shape index (κ1) is 13.2. The number of alkyl halides is 5. The van der Waals surface area contributed by atoms with Crippen molar-refractivity contribution in [3.8, 4) is 0 Å². The summed E-state index contributed by atoms with van der Waals surface area (Å²) in [7, 11) is 0. The third-order valence-corrected chi connectivity index (χ3v) is 2.74. The van der Waals surface area contributed by atoms with Crippen molar-refractivity contribution in [2.75, 3.05) is 6.54 Å². The summed E-state index contributed by atoms with van der Waals surface area (Å²) in [6.07, 6.45) is -4.92. The van der Waals surface area contributed by atoms with Gasteiger partial charge in [-0.2, -0.15) is 22.0 Å². The predicted molar refractivity (Wildman–Crippen MR) is 47.2 cm³/mol. The molecule has 0 spiro atoms. The zero-order valence-corrected chi connectivity index (χ0v) is 8.71. The molecular formula is C7H8F5N3S. The van der Waals surface area contributed by atoms with Crippen LogP contribution in [0.4, 0.5) is 22.0 Å². The van der Waals surface area contributed by atoms with Crippen LogP contribution in [0.5, 0.6) is 0 Å². The fraction of sp³-hybridized carbons (Fsp3) is 0.714. The van der Waals surface area contributed by atoms with Gasteiger partial charge in [0.25, 0.3) is 0 Å². The van der Waals surface area contributed by atoms with Crippen molar-refractivity contribution in [1.29, 1.82) is 0 Å². The summed E-state index contributed by atoms with van der Waals surface area (Å²) >= 11 is 0.259. The molecule has 0 atom stereocenters. The zero-order chi connectivity index (χ0) is 12.4. The highest BCUT2D eigenvalue weighted by atomic mass is 32.1. The van der Waals surface area contributed by atoms with Gasteiger partial charge < -0.3 is 5.73 Å². The molecule has 0 aliphatic carbocycles. The Balaban J connectivity index is 2.85. The van der Waals surface area contributed by atoms with E-state index in [1.807, 2.05) is 0 Å². The van der Waals surface area contributed by atoms with Crippen LogP contribution in [0, 0.1) is 0 Å². The third-order valence-electron chi connectivity index (χ3n) is 1.69. The van der Waals surface area contributed by atoms with Gasteiger partial charge in [0, 0.05) is 6.42 Å². The Morgan fingerprint density at radius 2 is 1.75 bits per heavy atom. The van der Waals surface area contributed by atoms with Gasteiger partial charge in [-0.1, -0.05) is 11.3 Å². The lowest BCUT2D eigenvalue weighted by molar-refractivity contribution is -0.289. The van der Waals surface area contributed by atoms with Gasteiger partial charge in [-0.05, 0) is 13.0 Å². The Bertz CT molecular complexity index is 348. The minimum absolute atomic E-state index is 0.129. The molecule has 0 radical (unpaired) electrons. The molecule has 0 aliphatic rings. The summed E-state index contributed by atoms with van der Waals surface area (Å²) in [5, 5.41) is 4.93. The summed E-state index contributed by atoms with van der Waals surface area (Å²) in [5.74, 6) is -4.94. The van der Waals surface area contributed by atoms with Crippen LogP contribution in [-0.2, 0) is 12.3 Å². The average Bonchev–Trinajstić information content (AvgIpc) is 2.61. The van der Waals surface area contributed by atoms with Crippen LogP contribution in [-0.4, -0.2) is 22.9 Å². The molecular weight excluding hydrogens is 253 g/mol. The summed E-state index contributed by atoms with van der Waals surface area (Å²) in [5.41, 5.74) is 5.17. The van der Waals surface area contributed by atoms with E-state index >= 15 is 0 Å². The van der Waals surface area contributed by atoms with Crippen LogP contribution in [0.3, 0.4) is 0 Å². The molecule has 9 heteroatoms. The van der Waals surface area contributed by atoms with Crippen molar-refractivity contribution in [2.24, 2.45) is 5.73 Å². The minimum atomic E-state index is -5.64. The van der Waals surface area contributed by atoms with E-state index in [9.17, 15) is 22.0 Å². The van der Waals surface area contributed by atoms with E-state index in [0.717, 1.165) is 0 Å². The molecule has 3 nitrogen and oxygen atoms in total. The molecule has 0 aromatic carbocycles. The molecule has 0 unspecified atom stereocenters. The van der Waals surface area contributed by atoms with Crippen molar-refractivity contribution in [3.63, 3.8) is 0 Å². The van der Waals surface area contributed by atoms with Gasteiger partial charge in [-0.15, -0.1) is 10.2 Å². The number of aryl methyl sites for hydroxylation is 1. The SMILES string of the molecule is NCCCc1nnc(C(F)(F)C(F)(F)F)s1. The first-order valence-electron chi connectivity index (χ1n) is 4.26. The highest BCUT2D eigenvalue weighted by Crippen LogP contribution is 2.44. The maximum atomic E-state index is 12.8. The van der Waals surface area contributed by atoms with Crippen LogP contribution >= 0.6 is 11.3 Å². The smallest absolute Gasteiger partial charge is 0.330 e. The second-order valence-corrected chi connectivity index (χ2v) is 4.03. The highest BCUT2D eigenvalue weighted by Gasteiger charge is 2.61. The molecule has 2 N–H and O–H groups in total. The molecule has 1 heterocycles. The summed E-state index contributed by atoms with van der Waals surface area (Å²) < 4.78 is 61.4. The first-order chi connectivity index (χ1) is 7.29. The van der Waals surface area contributed by atoms with Gasteiger partial charge >= 0.3 is 12.1 Å². The molecule has 0 saturated heterocycles. The molecule has 0 bridgehead atoms. The number of nitrogens with zero attached hydrogens (tertiary/aromatic N) is 2. The van der Waals surface area contributed by atoms with Crippen molar-refractivity contribution >= 4 is 11.3 Å². The lowest BCUT2D eigenvalue weighted by Gasteiger charge is -2.15. The van der Waals surface area contributed by atoms with Crippen LogP contribution in [0.2, 0.25) is 0 Å². The monoisotopic (exact) mass is 261 g/mol. The van der Waals surface area contributed by atoms with Crippen molar-refractivity contribution in [1.82, 2.24) is 10.2 Å². The van der Waals surface area contributed by atoms with Gasteiger partial charge in [0.1, 0.15) is 5.01 Å². The van der Waals surface area contributed by atoms with E-state index in [2.05, 4.69) is 10.2 Å². The minimum Gasteiger partial charge on any atom is -0.330 e. The summed E-state index contributed by atoms with van der Waals surface area (Å²) in [6, 6.07) is 0. The lowest BCUT2D eigenvalue weighted by Crippen LogP contribution is -2.33. The van der Waals surface area contributed by atoms with E-state index in [0.29, 0.717) is 13.0 Å². The topological polar surface area (TPSA) is 51.8 Å². The van der Waals surface area contributed by atoms with Gasteiger partial charge in [0.2, 0.25) is 0 Å². The Labute approximate surface area is 91.5 Å². The van der Waals surface area contributed by atoms with Crippen LogP contribution in [0.1, 0.15) is 16.4 Å². The van der Waals surface area contributed by atoms with E-state index < -0.39 is 17.1 Å². The molecule has 1 aromatic heterocycles.